The highest BCUT2D eigenvalue weighted by Crippen LogP contribution is 2.43. The Bertz CT molecular complexity index is 447. The van der Waals surface area contributed by atoms with E-state index in [1.165, 1.54) is 6.07 Å². The highest BCUT2D eigenvalue weighted by Gasteiger charge is 2.36. The van der Waals surface area contributed by atoms with Gasteiger partial charge in [0.2, 0.25) is 0 Å². The Morgan fingerprint density at radius 3 is 2.11 bits per heavy atom. The smallest absolute Gasteiger partial charge is 0.340 e. The lowest BCUT2D eigenvalue weighted by molar-refractivity contribution is -0.136. The molecule has 1 aromatic heterocycles. The van der Waals surface area contributed by atoms with E-state index in [9.17, 15) is 9.36 Å². The molecule has 7 nitrogen and oxygen atoms in total. The van der Waals surface area contributed by atoms with E-state index in [0.29, 0.717) is 5.76 Å². The third-order valence-electron chi connectivity index (χ3n) is 1.88. The molecule has 0 radical (unpaired) electrons. The molecule has 1 rings (SSSR count). The molecule has 110 valence electrons. The summed E-state index contributed by atoms with van der Waals surface area (Å²) in [7, 11) is 1.35. The number of rotatable bonds is 4. The van der Waals surface area contributed by atoms with Gasteiger partial charge in [-0.15, -0.1) is 0 Å². The van der Waals surface area contributed by atoms with E-state index in [1.54, 1.807) is 13.0 Å². The Morgan fingerprint density at radius 2 is 1.84 bits per heavy atom. The number of nitrogens with zero attached hydrogens (tertiary/aromatic N) is 1. The maximum absolute atomic E-state index is 10.9. The van der Waals surface area contributed by atoms with Crippen molar-refractivity contribution in [3.05, 3.63) is 23.7 Å². The Balaban J connectivity index is 0.000000711. The zero-order valence-electron chi connectivity index (χ0n) is 11.4. The minimum absolute atomic E-state index is 0.253. The Kier molecular flexibility index (Phi) is 7.00. The fourth-order valence-corrected chi connectivity index (χ4v) is 1.84. The van der Waals surface area contributed by atoms with Crippen LogP contribution in [0.25, 0.3) is 0 Å². The second-order valence-electron chi connectivity index (χ2n) is 4.50. The molecule has 0 saturated carbocycles. The van der Waals surface area contributed by atoms with Gasteiger partial charge in [-0.1, -0.05) is 0 Å². The van der Waals surface area contributed by atoms with Gasteiger partial charge in [-0.2, -0.15) is 0 Å². The van der Waals surface area contributed by atoms with Crippen molar-refractivity contribution < 1.29 is 28.7 Å². The molecule has 3 N–H and O–H groups in total. The highest BCUT2D eigenvalue weighted by molar-refractivity contribution is 7.53. The van der Waals surface area contributed by atoms with Crippen LogP contribution in [0.15, 0.2) is 16.5 Å². The predicted molar refractivity (Wildman–Crippen MR) is 70.2 cm³/mol. The minimum atomic E-state index is -4.65. The number of carboxylic acids is 1. The van der Waals surface area contributed by atoms with Crippen LogP contribution in [0, 0.1) is 6.92 Å². The first-order valence-corrected chi connectivity index (χ1v) is 7.16. The Hall–Kier alpha value is -1.14. The van der Waals surface area contributed by atoms with E-state index in [0.717, 1.165) is 0 Å². The van der Waals surface area contributed by atoms with Gasteiger partial charge >= 0.3 is 13.6 Å². The third-order valence-corrected chi connectivity index (χ3v) is 3.10. The van der Waals surface area contributed by atoms with Crippen molar-refractivity contribution >= 4 is 13.6 Å². The van der Waals surface area contributed by atoms with Crippen molar-refractivity contribution in [2.75, 3.05) is 21.1 Å². The number of aryl methyl sites for hydroxylation is 1. The summed E-state index contributed by atoms with van der Waals surface area (Å²) in [6.45, 7) is 1.66. The van der Waals surface area contributed by atoms with Crippen LogP contribution in [-0.4, -0.2) is 52.6 Å². The van der Waals surface area contributed by atoms with Crippen LogP contribution in [0.1, 0.15) is 11.5 Å². The van der Waals surface area contributed by atoms with Crippen LogP contribution in [0.3, 0.4) is 0 Å². The summed E-state index contributed by atoms with van der Waals surface area (Å²) in [6.07, 6.45) is -0.312. The van der Waals surface area contributed by atoms with Crippen LogP contribution >= 0.6 is 7.60 Å². The summed E-state index contributed by atoms with van der Waals surface area (Å²) >= 11 is 0. The number of carboxylic acid groups (broad SMARTS) is 1. The van der Waals surface area contributed by atoms with Crippen LogP contribution in [0.2, 0.25) is 0 Å². The van der Waals surface area contributed by atoms with Gasteiger partial charge in [0.05, 0.1) is 0 Å². The second kappa shape index (κ2) is 7.45. The van der Waals surface area contributed by atoms with Gasteiger partial charge in [0.15, 0.2) is 5.66 Å². The molecule has 0 aliphatic carbocycles. The van der Waals surface area contributed by atoms with Crippen molar-refractivity contribution in [3.8, 4) is 0 Å². The molecule has 0 saturated heterocycles. The zero-order valence-corrected chi connectivity index (χ0v) is 12.3. The minimum Gasteiger partial charge on any atom is -0.481 e. The fourth-order valence-electron chi connectivity index (χ4n) is 1.14. The summed E-state index contributed by atoms with van der Waals surface area (Å²) in [6, 6.07) is 3.11. The van der Waals surface area contributed by atoms with Gasteiger partial charge in [0.1, 0.15) is 11.5 Å². The molecule has 0 aliphatic rings. The Morgan fingerprint density at radius 1 is 1.37 bits per heavy atom. The molecule has 8 heteroatoms. The quantitative estimate of drug-likeness (QED) is 0.708. The van der Waals surface area contributed by atoms with Gasteiger partial charge in [0.25, 0.3) is 0 Å². The largest absolute Gasteiger partial charge is 0.481 e. The summed E-state index contributed by atoms with van der Waals surface area (Å²) < 4.78 is 15.9. The van der Waals surface area contributed by atoms with Crippen LogP contribution in [-0.2, 0) is 15.8 Å². The molecule has 0 bridgehead atoms. The summed E-state index contributed by atoms with van der Waals surface area (Å²) in [5.74, 6) is -0.708. The first-order valence-electron chi connectivity index (χ1n) is 5.48. The van der Waals surface area contributed by atoms with Crippen molar-refractivity contribution in [3.63, 3.8) is 0 Å². The molecule has 1 unspecified atom stereocenters. The van der Waals surface area contributed by atoms with Crippen molar-refractivity contribution in [2.45, 2.75) is 19.0 Å². The normalized spacial score (nSPS) is 12.8. The van der Waals surface area contributed by atoms with Crippen LogP contribution < -0.4 is 0 Å². The van der Waals surface area contributed by atoms with Gasteiger partial charge < -0.3 is 24.2 Å². The monoisotopic (exact) mass is 293 g/mol. The molecule has 1 atom stereocenters. The molecule has 19 heavy (non-hydrogen) atoms. The fraction of sp³-hybridized carbons (Fsp3) is 0.545. The second-order valence-corrected chi connectivity index (χ2v) is 6.30. The first kappa shape index (κ1) is 17.9. The van der Waals surface area contributed by atoms with Crippen LogP contribution in [0.4, 0.5) is 0 Å². The van der Waals surface area contributed by atoms with E-state index in [1.807, 2.05) is 26.0 Å². The van der Waals surface area contributed by atoms with E-state index < -0.39 is 19.2 Å². The van der Waals surface area contributed by atoms with E-state index in [2.05, 4.69) is 0 Å². The number of hydrogen-bond donors (Lipinski definition) is 3. The molecule has 0 spiro atoms. The lowest BCUT2D eigenvalue weighted by atomic mass is 10.2. The summed E-state index contributed by atoms with van der Waals surface area (Å²) in [5, 5.41) is 8.64. The standard InChI is InChI=1S/C8H11O6P.C3H9N/c1-5-2-3-6(14-5)4-7(8(9)10)15(11,12)13;1-4(2)3/h2-3,7H,4H2,1H3,(H,9,10)(H2,11,12,13);1-3H3. The maximum atomic E-state index is 10.9. The van der Waals surface area contributed by atoms with Crippen molar-refractivity contribution in [2.24, 2.45) is 0 Å². The van der Waals surface area contributed by atoms with Crippen molar-refractivity contribution in [1.29, 1.82) is 0 Å². The van der Waals surface area contributed by atoms with Crippen LogP contribution in [0.5, 0.6) is 0 Å². The zero-order chi connectivity index (χ0) is 15.2. The number of furan rings is 1. The average Bonchev–Trinajstić information content (AvgIpc) is 2.57. The van der Waals surface area contributed by atoms with Crippen molar-refractivity contribution in [1.82, 2.24) is 4.90 Å². The van der Waals surface area contributed by atoms with Gasteiger partial charge in [0, 0.05) is 6.42 Å². The highest BCUT2D eigenvalue weighted by atomic mass is 31.2. The SMILES string of the molecule is CN(C)C.Cc1ccc(CC(C(=O)O)P(=O)(O)O)o1. The first-order chi connectivity index (χ1) is 8.54. The van der Waals surface area contributed by atoms with Gasteiger partial charge in [-0.25, -0.2) is 0 Å². The molecular weight excluding hydrogens is 273 g/mol. The average molecular weight is 293 g/mol. The lowest BCUT2D eigenvalue weighted by Crippen LogP contribution is -2.22. The summed E-state index contributed by atoms with van der Waals surface area (Å²) in [5.41, 5.74) is -1.75. The third kappa shape index (κ3) is 7.79. The molecule has 0 amide bonds. The van der Waals surface area contributed by atoms with E-state index in [-0.39, 0.29) is 12.2 Å². The lowest BCUT2D eigenvalue weighted by Gasteiger charge is -2.11. The molecule has 1 aromatic rings. The molecule has 0 aromatic carbocycles. The van der Waals surface area contributed by atoms with E-state index in [4.69, 9.17) is 19.3 Å². The molecule has 1 heterocycles. The predicted octanol–water partition coefficient (Wildman–Crippen LogP) is 0.939. The van der Waals surface area contributed by atoms with Gasteiger partial charge in [-0.3, -0.25) is 9.36 Å². The maximum Gasteiger partial charge on any atom is 0.340 e. The molecule has 0 aliphatic heterocycles. The number of carbonyl (C=O) groups is 1. The number of aliphatic carboxylic acids is 1. The Labute approximate surface area is 112 Å². The summed E-state index contributed by atoms with van der Waals surface area (Å²) in [4.78, 5) is 30.2. The molecule has 0 fully saturated rings. The topological polar surface area (TPSA) is 111 Å². The van der Waals surface area contributed by atoms with E-state index >= 15 is 0 Å². The molecular formula is C11H20NO6P. The van der Waals surface area contributed by atoms with Gasteiger partial charge in [-0.05, 0) is 40.2 Å². The number of hydrogen-bond acceptors (Lipinski definition) is 4.